The molecule has 0 heterocycles. The molecule has 0 aromatic rings. The minimum absolute atomic E-state index is 0.0129. The first-order valence-electron chi connectivity index (χ1n) is 5.41. The quantitative estimate of drug-likeness (QED) is 0.742. The van der Waals surface area contributed by atoms with Crippen LogP contribution in [0.4, 0.5) is 0 Å². The van der Waals surface area contributed by atoms with Crippen molar-refractivity contribution in [2.45, 2.75) is 39.5 Å². The van der Waals surface area contributed by atoms with Crippen molar-refractivity contribution in [3.8, 4) is 0 Å². The van der Waals surface area contributed by atoms with Gasteiger partial charge in [-0.25, -0.2) is 0 Å². The molecular formula is C11H19NO2. The Morgan fingerprint density at radius 3 is 2.36 bits per heavy atom. The lowest BCUT2D eigenvalue weighted by atomic mass is 10.1. The van der Waals surface area contributed by atoms with Gasteiger partial charge < -0.3 is 5.32 Å². The number of carbonyl (C=O) groups excluding carboxylic acids is 2. The summed E-state index contributed by atoms with van der Waals surface area (Å²) in [4.78, 5) is 22.8. The summed E-state index contributed by atoms with van der Waals surface area (Å²) in [6.45, 7) is 3.90. The molecule has 1 N–H and O–H groups in total. The van der Waals surface area contributed by atoms with Crippen LogP contribution < -0.4 is 5.32 Å². The van der Waals surface area contributed by atoms with Crippen molar-refractivity contribution in [2.24, 2.45) is 11.8 Å². The summed E-state index contributed by atoms with van der Waals surface area (Å²) in [5.74, 6) is 0.349. The van der Waals surface area contributed by atoms with Crippen LogP contribution in [0.5, 0.6) is 0 Å². The maximum Gasteiger partial charge on any atom is 0.223 e. The van der Waals surface area contributed by atoms with Gasteiger partial charge in [0.15, 0.2) is 5.78 Å². The molecule has 0 unspecified atom stereocenters. The summed E-state index contributed by atoms with van der Waals surface area (Å²) in [6, 6.07) is 0. The monoisotopic (exact) mass is 197 g/mol. The van der Waals surface area contributed by atoms with Crippen molar-refractivity contribution in [1.82, 2.24) is 5.32 Å². The second-order valence-corrected chi connectivity index (χ2v) is 4.32. The predicted octanol–water partition coefficient (Wildman–Crippen LogP) is 1.52. The highest BCUT2D eigenvalue weighted by atomic mass is 16.2. The largest absolute Gasteiger partial charge is 0.349 e. The summed E-state index contributed by atoms with van der Waals surface area (Å²) >= 11 is 0. The second kappa shape index (κ2) is 5.13. The van der Waals surface area contributed by atoms with Crippen LogP contribution in [-0.4, -0.2) is 18.2 Å². The van der Waals surface area contributed by atoms with Crippen LogP contribution in [0, 0.1) is 11.8 Å². The Labute approximate surface area is 85.3 Å². The zero-order valence-corrected chi connectivity index (χ0v) is 9.01. The van der Waals surface area contributed by atoms with Crippen molar-refractivity contribution in [1.29, 1.82) is 0 Å². The van der Waals surface area contributed by atoms with Crippen LogP contribution in [-0.2, 0) is 9.59 Å². The van der Waals surface area contributed by atoms with E-state index in [9.17, 15) is 9.59 Å². The van der Waals surface area contributed by atoms with Gasteiger partial charge in [-0.1, -0.05) is 26.7 Å². The molecule has 3 nitrogen and oxygen atoms in total. The van der Waals surface area contributed by atoms with Crippen molar-refractivity contribution in [3.63, 3.8) is 0 Å². The molecule has 0 aromatic carbocycles. The second-order valence-electron chi connectivity index (χ2n) is 4.32. The SMILES string of the molecule is CC(C)C(=O)CNC(=O)C1CCCC1. The van der Waals surface area contributed by atoms with Crippen molar-refractivity contribution < 1.29 is 9.59 Å². The average Bonchev–Trinajstić information content (AvgIpc) is 2.66. The first-order valence-corrected chi connectivity index (χ1v) is 5.41. The zero-order valence-electron chi connectivity index (χ0n) is 9.01. The molecule has 1 amide bonds. The van der Waals surface area contributed by atoms with Crippen LogP contribution in [0.1, 0.15) is 39.5 Å². The fourth-order valence-corrected chi connectivity index (χ4v) is 1.71. The molecular weight excluding hydrogens is 178 g/mol. The van der Waals surface area contributed by atoms with Crippen LogP contribution in [0.2, 0.25) is 0 Å². The summed E-state index contributed by atoms with van der Waals surface area (Å²) in [5.41, 5.74) is 0. The minimum Gasteiger partial charge on any atom is -0.349 e. The molecule has 1 saturated carbocycles. The normalized spacial score (nSPS) is 17.4. The molecule has 1 aliphatic carbocycles. The Balaban J connectivity index is 2.23. The van der Waals surface area contributed by atoms with E-state index < -0.39 is 0 Å². The van der Waals surface area contributed by atoms with Gasteiger partial charge in [0.1, 0.15) is 0 Å². The summed E-state index contributed by atoms with van der Waals surface area (Å²) < 4.78 is 0. The fourth-order valence-electron chi connectivity index (χ4n) is 1.71. The third-order valence-electron chi connectivity index (χ3n) is 2.81. The molecule has 0 bridgehead atoms. The van der Waals surface area contributed by atoms with E-state index in [0.717, 1.165) is 25.7 Å². The standard InChI is InChI=1S/C11H19NO2/c1-8(2)10(13)7-12-11(14)9-5-3-4-6-9/h8-9H,3-7H2,1-2H3,(H,12,14). The number of Topliss-reactive ketones (excluding diaryl/α,β-unsaturated/α-hetero) is 1. The van der Waals surface area contributed by atoms with Crippen LogP contribution in [0.3, 0.4) is 0 Å². The van der Waals surface area contributed by atoms with E-state index in [0.29, 0.717) is 0 Å². The van der Waals surface area contributed by atoms with Crippen molar-refractivity contribution in [2.75, 3.05) is 6.54 Å². The molecule has 0 aromatic heterocycles. The highest BCUT2D eigenvalue weighted by Crippen LogP contribution is 2.24. The number of rotatable bonds is 4. The van der Waals surface area contributed by atoms with Gasteiger partial charge in [0.25, 0.3) is 0 Å². The van der Waals surface area contributed by atoms with Crippen LogP contribution in [0.25, 0.3) is 0 Å². The molecule has 3 heteroatoms. The maximum absolute atomic E-state index is 11.5. The zero-order chi connectivity index (χ0) is 10.6. The summed E-state index contributed by atoms with van der Waals surface area (Å²) in [7, 11) is 0. The van der Waals surface area contributed by atoms with E-state index in [1.54, 1.807) is 0 Å². The van der Waals surface area contributed by atoms with Crippen LogP contribution >= 0.6 is 0 Å². The number of amides is 1. The number of carbonyl (C=O) groups is 2. The molecule has 0 atom stereocenters. The Morgan fingerprint density at radius 1 is 1.29 bits per heavy atom. The van der Waals surface area contributed by atoms with E-state index in [4.69, 9.17) is 0 Å². The number of hydrogen-bond donors (Lipinski definition) is 1. The molecule has 1 rings (SSSR count). The maximum atomic E-state index is 11.5. The lowest BCUT2D eigenvalue weighted by Gasteiger charge is -2.10. The van der Waals surface area contributed by atoms with Gasteiger partial charge in [-0.05, 0) is 12.8 Å². The molecule has 0 aliphatic heterocycles. The highest BCUT2D eigenvalue weighted by molar-refractivity contribution is 5.87. The predicted molar refractivity (Wildman–Crippen MR) is 54.8 cm³/mol. The Bertz CT molecular complexity index is 217. The van der Waals surface area contributed by atoms with E-state index in [1.807, 2.05) is 13.8 Å². The number of hydrogen-bond acceptors (Lipinski definition) is 2. The van der Waals surface area contributed by atoms with Gasteiger partial charge in [-0.3, -0.25) is 9.59 Å². The van der Waals surface area contributed by atoms with Crippen molar-refractivity contribution >= 4 is 11.7 Å². The Hall–Kier alpha value is -0.860. The van der Waals surface area contributed by atoms with Gasteiger partial charge >= 0.3 is 0 Å². The summed E-state index contributed by atoms with van der Waals surface area (Å²) in [5, 5.41) is 2.72. The van der Waals surface area contributed by atoms with Gasteiger partial charge in [0.2, 0.25) is 5.91 Å². The number of ketones is 1. The smallest absolute Gasteiger partial charge is 0.223 e. The van der Waals surface area contributed by atoms with Crippen molar-refractivity contribution in [3.05, 3.63) is 0 Å². The third kappa shape index (κ3) is 3.13. The molecule has 1 fully saturated rings. The van der Waals surface area contributed by atoms with Crippen LogP contribution in [0.15, 0.2) is 0 Å². The van der Waals surface area contributed by atoms with E-state index in [1.165, 1.54) is 0 Å². The van der Waals surface area contributed by atoms with Gasteiger partial charge in [0, 0.05) is 11.8 Å². The number of nitrogens with one attached hydrogen (secondary N) is 1. The molecule has 80 valence electrons. The van der Waals surface area contributed by atoms with E-state index >= 15 is 0 Å². The molecule has 0 spiro atoms. The highest BCUT2D eigenvalue weighted by Gasteiger charge is 2.22. The average molecular weight is 197 g/mol. The lowest BCUT2D eigenvalue weighted by molar-refractivity contribution is -0.128. The molecule has 14 heavy (non-hydrogen) atoms. The minimum atomic E-state index is 0.0129. The molecule has 0 saturated heterocycles. The lowest BCUT2D eigenvalue weighted by Crippen LogP contribution is -2.35. The summed E-state index contributed by atoms with van der Waals surface area (Å²) in [6.07, 6.45) is 4.27. The van der Waals surface area contributed by atoms with E-state index in [-0.39, 0.29) is 30.1 Å². The molecule has 1 aliphatic rings. The fraction of sp³-hybridized carbons (Fsp3) is 0.818. The Morgan fingerprint density at radius 2 is 1.86 bits per heavy atom. The third-order valence-corrected chi connectivity index (χ3v) is 2.81. The first-order chi connectivity index (χ1) is 6.61. The van der Waals surface area contributed by atoms with Gasteiger partial charge in [-0.15, -0.1) is 0 Å². The Kier molecular flexibility index (Phi) is 4.11. The van der Waals surface area contributed by atoms with E-state index in [2.05, 4.69) is 5.32 Å². The topological polar surface area (TPSA) is 46.2 Å². The first kappa shape index (κ1) is 11.2. The van der Waals surface area contributed by atoms with Gasteiger partial charge in [0.05, 0.1) is 6.54 Å². The van der Waals surface area contributed by atoms with Gasteiger partial charge in [-0.2, -0.15) is 0 Å². The molecule has 0 radical (unpaired) electrons.